The summed E-state index contributed by atoms with van der Waals surface area (Å²) in [5.41, 5.74) is 1.82. The van der Waals surface area contributed by atoms with E-state index in [1.165, 1.54) is 0 Å². The monoisotopic (exact) mass is 346 g/mol. The van der Waals surface area contributed by atoms with Gasteiger partial charge in [-0.2, -0.15) is 4.98 Å². The summed E-state index contributed by atoms with van der Waals surface area (Å²) in [6.45, 7) is 1.91. The Kier molecular flexibility index (Phi) is 4.88. The van der Waals surface area contributed by atoms with Crippen LogP contribution in [0, 0.1) is 0 Å². The summed E-state index contributed by atoms with van der Waals surface area (Å²) in [7, 11) is -1.14. The lowest BCUT2D eigenvalue weighted by molar-refractivity contribution is 0.425. The van der Waals surface area contributed by atoms with Crippen molar-refractivity contribution in [3.05, 3.63) is 71.0 Å². The fourth-order valence-electron chi connectivity index (χ4n) is 2.15. The van der Waals surface area contributed by atoms with E-state index in [1.54, 1.807) is 12.1 Å². The largest absolute Gasteiger partial charge is 0.334 e. The maximum atomic E-state index is 12.5. The van der Waals surface area contributed by atoms with Crippen LogP contribution in [-0.4, -0.2) is 14.3 Å². The molecule has 0 fully saturated rings. The van der Waals surface area contributed by atoms with Gasteiger partial charge in [0, 0.05) is 21.4 Å². The van der Waals surface area contributed by atoms with Crippen molar-refractivity contribution < 1.29 is 8.73 Å². The van der Waals surface area contributed by atoms with Gasteiger partial charge >= 0.3 is 0 Å². The van der Waals surface area contributed by atoms with Crippen LogP contribution in [0.4, 0.5) is 0 Å². The van der Waals surface area contributed by atoms with Crippen molar-refractivity contribution in [1.82, 2.24) is 10.1 Å². The van der Waals surface area contributed by atoms with Crippen LogP contribution in [0.15, 0.2) is 59.1 Å². The SMILES string of the molecule is C[C@@H](c1ccc(Cl)cc1)[S@](=O)Cc1noc(-c2ccccc2)n1. The second kappa shape index (κ2) is 7.06. The van der Waals surface area contributed by atoms with Gasteiger partial charge in [-0.25, -0.2) is 0 Å². The van der Waals surface area contributed by atoms with Crippen molar-refractivity contribution in [3.8, 4) is 11.5 Å². The number of hydrogen-bond acceptors (Lipinski definition) is 4. The zero-order valence-corrected chi connectivity index (χ0v) is 14.1. The Morgan fingerprint density at radius 1 is 1.13 bits per heavy atom. The Labute approximate surface area is 142 Å². The van der Waals surface area contributed by atoms with Crippen molar-refractivity contribution >= 4 is 22.4 Å². The summed E-state index contributed by atoms with van der Waals surface area (Å²) >= 11 is 5.88. The highest BCUT2D eigenvalue weighted by Gasteiger charge is 2.17. The van der Waals surface area contributed by atoms with Gasteiger partial charge < -0.3 is 4.52 Å². The average Bonchev–Trinajstić information content (AvgIpc) is 3.04. The summed E-state index contributed by atoms with van der Waals surface area (Å²) in [5, 5.41) is 4.45. The summed E-state index contributed by atoms with van der Waals surface area (Å²) in [6, 6.07) is 16.9. The molecule has 0 spiro atoms. The molecule has 118 valence electrons. The third kappa shape index (κ3) is 3.86. The van der Waals surface area contributed by atoms with E-state index >= 15 is 0 Å². The molecule has 0 saturated heterocycles. The van der Waals surface area contributed by atoms with E-state index in [9.17, 15) is 4.21 Å². The molecule has 0 aliphatic heterocycles. The summed E-state index contributed by atoms with van der Waals surface area (Å²) in [5.74, 6) is 1.14. The minimum Gasteiger partial charge on any atom is -0.334 e. The Balaban J connectivity index is 1.71. The molecule has 2 atom stereocenters. The van der Waals surface area contributed by atoms with E-state index in [-0.39, 0.29) is 11.0 Å². The van der Waals surface area contributed by atoms with Crippen molar-refractivity contribution in [2.75, 3.05) is 0 Å². The second-order valence-electron chi connectivity index (χ2n) is 5.10. The topological polar surface area (TPSA) is 56.0 Å². The van der Waals surface area contributed by atoms with Crippen LogP contribution in [0.25, 0.3) is 11.5 Å². The van der Waals surface area contributed by atoms with E-state index in [0.717, 1.165) is 11.1 Å². The van der Waals surface area contributed by atoms with Gasteiger partial charge in [0.15, 0.2) is 5.82 Å². The zero-order valence-electron chi connectivity index (χ0n) is 12.5. The number of aromatic nitrogens is 2. The number of hydrogen-bond donors (Lipinski definition) is 0. The first-order valence-electron chi connectivity index (χ1n) is 7.14. The number of rotatable bonds is 5. The molecule has 1 heterocycles. The Morgan fingerprint density at radius 3 is 2.52 bits per heavy atom. The molecular weight excluding hydrogens is 332 g/mol. The molecule has 0 unspecified atom stereocenters. The van der Waals surface area contributed by atoms with Crippen LogP contribution >= 0.6 is 11.6 Å². The van der Waals surface area contributed by atoms with Crippen LogP contribution in [0.3, 0.4) is 0 Å². The van der Waals surface area contributed by atoms with E-state index in [0.29, 0.717) is 16.7 Å². The summed E-state index contributed by atoms with van der Waals surface area (Å²) < 4.78 is 17.7. The van der Waals surface area contributed by atoms with Crippen LogP contribution < -0.4 is 0 Å². The van der Waals surface area contributed by atoms with Crippen LogP contribution in [-0.2, 0) is 16.6 Å². The molecule has 3 aromatic rings. The van der Waals surface area contributed by atoms with Crippen molar-refractivity contribution in [2.24, 2.45) is 0 Å². The lowest BCUT2D eigenvalue weighted by Gasteiger charge is -2.10. The Bertz CT molecular complexity index is 803. The van der Waals surface area contributed by atoms with Crippen molar-refractivity contribution in [2.45, 2.75) is 17.9 Å². The molecule has 1 aromatic heterocycles. The first-order valence-corrected chi connectivity index (χ1v) is 8.90. The molecule has 0 radical (unpaired) electrons. The van der Waals surface area contributed by atoms with E-state index in [1.807, 2.05) is 49.4 Å². The van der Waals surface area contributed by atoms with E-state index in [4.69, 9.17) is 16.1 Å². The minimum atomic E-state index is -1.14. The fraction of sp³-hybridized carbons (Fsp3) is 0.176. The maximum absolute atomic E-state index is 12.5. The average molecular weight is 347 g/mol. The minimum absolute atomic E-state index is 0.133. The third-order valence-electron chi connectivity index (χ3n) is 3.49. The molecule has 0 aliphatic carbocycles. The molecule has 4 nitrogen and oxygen atoms in total. The number of nitrogens with zero attached hydrogens (tertiary/aromatic N) is 2. The van der Waals surface area contributed by atoms with E-state index in [2.05, 4.69) is 10.1 Å². The molecule has 2 aromatic carbocycles. The number of benzene rings is 2. The molecule has 3 rings (SSSR count). The standard InChI is InChI=1S/C17H15ClN2O2S/c1-12(13-7-9-15(18)10-8-13)23(21)11-16-19-17(22-20-16)14-5-3-2-4-6-14/h2-10,12H,11H2,1H3/t12-,23+/m0/s1. The van der Waals surface area contributed by atoms with Gasteiger partial charge in [0.2, 0.25) is 0 Å². The smallest absolute Gasteiger partial charge is 0.257 e. The zero-order chi connectivity index (χ0) is 16.2. The molecule has 6 heteroatoms. The number of halogens is 1. The predicted molar refractivity (Wildman–Crippen MR) is 91.4 cm³/mol. The predicted octanol–water partition coefficient (Wildman–Crippen LogP) is 4.40. The van der Waals surface area contributed by atoms with E-state index < -0.39 is 10.8 Å². The van der Waals surface area contributed by atoms with Gasteiger partial charge in [0.1, 0.15) is 0 Å². The van der Waals surface area contributed by atoms with Gasteiger partial charge in [-0.05, 0) is 36.8 Å². The van der Waals surface area contributed by atoms with Gasteiger partial charge in [-0.15, -0.1) is 0 Å². The lowest BCUT2D eigenvalue weighted by Crippen LogP contribution is -2.06. The molecule has 0 aliphatic rings. The molecule has 0 amide bonds. The van der Waals surface area contributed by atoms with Crippen molar-refractivity contribution in [1.29, 1.82) is 0 Å². The van der Waals surface area contributed by atoms with Crippen LogP contribution in [0.5, 0.6) is 0 Å². The van der Waals surface area contributed by atoms with Gasteiger partial charge in [0.25, 0.3) is 5.89 Å². The summed E-state index contributed by atoms with van der Waals surface area (Å²) in [4.78, 5) is 4.32. The molecule has 23 heavy (non-hydrogen) atoms. The first kappa shape index (κ1) is 15.9. The van der Waals surface area contributed by atoms with Crippen LogP contribution in [0.1, 0.15) is 23.6 Å². The highest BCUT2D eigenvalue weighted by molar-refractivity contribution is 7.84. The quantitative estimate of drug-likeness (QED) is 0.687. The fourth-order valence-corrected chi connectivity index (χ4v) is 3.36. The summed E-state index contributed by atoms with van der Waals surface area (Å²) in [6.07, 6.45) is 0. The lowest BCUT2D eigenvalue weighted by atomic mass is 10.2. The first-order chi connectivity index (χ1) is 11.1. The van der Waals surface area contributed by atoms with Gasteiger partial charge in [-0.1, -0.05) is 47.1 Å². The van der Waals surface area contributed by atoms with Gasteiger partial charge in [0.05, 0.1) is 11.0 Å². The molecule has 0 bridgehead atoms. The second-order valence-corrected chi connectivity index (χ2v) is 7.29. The normalized spacial score (nSPS) is 13.7. The Hall–Kier alpha value is -1.98. The molecular formula is C17H15ClN2O2S. The third-order valence-corrected chi connectivity index (χ3v) is 5.35. The molecule has 0 N–H and O–H groups in total. The van der Waals surface area contributed by atoms with Crippen LogP contribution in [0.2, 0.25) is 5.02 Å². The molecule has 0 saturated carbocycles. The van der Waals surface area contributed by atoms with Crippen molar-refractivity contribution in [3.63, 3.8) is 0 Å². The highest BCUT2D eigenvalue weighted by Crippen LogP contribution is 2.24. The van der Waals surface area contributed by atoms with Gasteiger partial charge in [-0.3, -0.25) is 4.21 Å². The Morgan fingerprint density at radius 2 is 1.83 bits per heavy atom. The highest BCUT2D eigenvalue weighted by atomic mass is 35.5. The maximum Gasteiger partial charge on any atom is 0.257 e.